The number of carbonyl (C=O) groups is 1. The molecule has 1 N–H and O–H groups in total. The highest BCUT2D eigenvalue weighted by Crippen LogP contribution is 2.36. The second-order valence-corrected chi connectivity index (χ2v) is 8.86. The monoisotopic (exact) mass is 447 g/mol. The van der Waals surface area contributed by atoms with Gasteiger partial charge in [0, 0.05) is 37.8 Å². The highest BCUT2D eigenvalue weighted by atomic mass is 19.1. The number of anilines is 1. The van der Waals surface area contributed by atoms with Gasteiger partial charge in [-0.1, -0.05) is 30.3 Å². The smallest absolute Gasteiger partial charge is 0.274 e. The molecule has 3 aromatic rings. The van der Waals surface area contributed by atoms with Crippen molar-refractivity contribution < 1.29 is 13.9 Å². The zero-order chi connectivity index (χ0) is 22.8. The number of ether oxygens (including phenoxy) is 1. The summed E-state index contributed by atoms with van der Waals surface area (Å²) in [7, 11) is 0. The molecule has 2 bridgehead atoms. The summed E-state index contributed by atoms with van der Waals surface area (Å²) in [6.07, 6.45) is 1.05. The number of hydrogen-bond donors (Lipinski definition) is 1. The molecule has 33 heavy (non-hydrogen) atoms. The molecule has 1 saturated heterocycles. The van der Waals surface area contributed by atoms with E-state index in [0.717, 1.165) is 37.3 Å². The first-order valence-electron chi connectivity index (χ1n) is 11.2. The van der Waals surface area contributed by atoms with E-state index in [-0.39, 0.29) is 35.5 Å². The normalized spacial score (nSPS) is 19.5. The first-order valence-corrected chi connectivity index (χ1v) is 11.2. The number of halogens is 1. The van der Waals surface area contributed by atoms with Gasteiger partial charge in [-0.05, 0) is 54.3 Å². The molecular formula is C26H26FN3O3. The lowest BCUT2D eigenvalue weighted by molar-refractivity contribution is -0.118. The highest BCUT2D eigenvalue weighted by Gasteiger charge is 2.35. The first kappa shape index (κ1) is 21.4. The lowest BCUT2D eigenvalue weighted by atomic mass is 9.83. The quantitative estimate of drug-likeness (QED) is 0.627. The van der Waals surface area contributed by atoms with Crippen molar-refractivity contribution in [3.63, 3.8) is 0 Å². The van der Waals surface area contributed by atoms with E-state index in [1.807, 2.05) is 41.0 Å². The summed E-state index contributed by atoms with van der Waals surface area (Å²) < 4.78 is 20.5. The Morgan fingerprint density at radius 1 is 1.00 bits per heavy atom. The standard InChI is InChI=1S/C26H26FN3O3/c27-21-8-6-18(7-9-21)13-29-14-19-12-20(16-29)24-11-10-23(26(32)30(24)15-19)28-25(31)17-33-22-4-2-1-3-5-22/h1-11,19-20H,12-17H2,(H,28,31). The zero-order valence-electron chi connectivity index (χ0n) is 18.2. The number of piperidine rings is 1. The van der Waals surface area contributed by atoms with Crippen LogP contribution >= 0.6 is 0 Å². The number of carbonyl (C=O) groups excluding carboxylic acids is 1. The number of benzene rings is 2. The number of nitrogens with one attached hydrogen (secondary N) is 1. The average molecular weight is 448 g/mol. The molecule has 0 aliphatic carbocycles. The van der Waals surface area contributed by atoms with E-state index < -0.39 is 0 Å². The predicted octanol–water partition coefficient (Wildman–Crippen LogP) is 3.62. The predicted molar refractivity (Wildman–Crippen MR) is 124 cm³/mol. The van der Waals surface area contributed by atoms with E-state index in [2.05, 4.69) is 10.2 Å². The molecule has 0 radical (unpaired) electrons. The van der Waals surface area contributed by atoms with Gasteiger partial charge in [-0.25, -0.2) is 4.39 Å². The van der Waals surface area contributed by atoms with Crippen LogP contribution in [0.5, 0.6) is 5.75 Å². The van der Waals surface area contributed by atoms with Crippen molar-refractivity contribution in [2.24, 2.45) is 5.92 Å². The van der Waals surface area contributed by atoms with Gasteiger partial charge in [0.05, 0.1) is 0 Å². The minimum atomic E-state index is -0.363. The van der Waals surface area contributed by atoms with Crippen LogP contribution in [0.2, 0.25) is 0 Å². The molecule has 1 aromatic heterocycles. The number of pyridine rings is 1. The molecule has 170 valence electrons. The fourth-order valence-electron chi connectivity index (χ4n) is 4.97. The Morgan fingerprint density at radius 2 is 1.79 bits per heavy atom. The third-order valence-electron chi connectivity index (χ3n) is 6.39. The fourth-order valence-corrected chi connectivity index (χ4v) is 4.97. The Balaban J connectivity index is 1.26. The molecule has 1 fully saturated rings. The van der Waals surface area contributed by atoms with E-state index >= 15 is 0 Å². The molecule has 1 amide bonds. The van der Waals surface area contributed by atoms with E-state index in [1.165, 1.54) is 12.1 Å². The molecule has 0 saturated carbocycles. The van der Waals surface area contributed by atoms with E-state index in [1.54, 1.807) is 18.2 Å². The van der Waals surface area contributed by atoms with Crippen molar-refractivity contribution in [2.75, 3.05) is 25.0 Å². The number of aromatic nitrogens is 1. The van der Waals surface area contributed by atoms with Gasteiger partial charge in [0.15, 0.2) is 6.61 Å². The van der Waals surface area contributed by atoms with Crippen LogP contribution in [0.15, 0.2) is 71.5 Å². The van der Waals surface area contributed by atoms with Crippen LogP contribution in [0.4, 0.5) is 10.1 Å². The summed E-state index contributed by atoms with van der Waals surface area (Å²) >= 11 is 0. The third-order valence-corrected chi connectivity index (χ3v) is 6.39. The molecule has 0 spiro atoms. The molecule has 7 heteroatoms. The van der Waals surface area contributed by atoms with Gasteiger partial charge in [-0.15, -0.1) is 0 Å². The molecule has 5 rings (SSSR count). The van der Waals surface area contributed by atoms with Gasteiger partial charge in [0.25, 0.3) is 11.5 Å². The van der Waals surface area contributed by atoms with Crippen LogP contribution in [-0.4, -0.2) is 35.1 Å². The molecule has 2 unspecified atom stereocenters. The van der Waals surface area contributed by atoms with Crippen molar-refractivity contribution in [1.29, 1.82) is 0 Å². The summed E-state index contributed by atoms with van der Waals surface area (Å²) in [6.45, 7) is 2.99. The van der Waals surface area contributed by atoms with Crippen LogP contribution in [-0.2, 0) is 17.9 Å². The third kappa shape index (κ3) is 4.83. The molecule has 2 atom stereocenters. The Hall–Kier alpha value is -3.45. The Bertz CT molecular complexity index is 1190. The lowest BCUT2D eigenvalue weighted by Crippen LogP contribution is -2.47. The van der Waals surface area contributed by atoms with Crippen molar-refractivity contribution >= 4 is 11.6 Å². The average Bonchev–Trinajstić information content (AvgIpc) is 2.82. The second kappa shape index (κ2) is 9.19. The van der Waals surface area contributed by atoms with Gasteiger partial charge in [0.1, 0.15) is 17.3 Å². The van der Waals surface area contributed by atoms with Crippen molar-refractivity contribution in [3.8, 4) is 5.75 Å². The minimum absolute atomic E-state index is 0.158. The number of para-hydroxylation sites is 1. The molecule has 6 nitrogen and oxygen atoms in total. The zero-order valence-corrected chi connectivity index (χ0v) is 18.2. The van der Waals surface area contributed by atoms with Gasteiger partial charge in [0.2, 0.25) is 0 Å². The lowest BCUT2D eigenvalue weighted by Gasteiger charge is -2.43. The topological polar surface area (TPSA) is 63.6 Å². The van der Waals surface area contributed by atoms with Crippen LogP contribution < -0.4 is 15.6 Å². The van der Waals surface area contributed by atoms with Crippen LogP contribution in [0.25, 0.3) is 0 Å². The summed E-state index contributed by atoms with van der Waals surface area (Å²) in [6, 6.07) is 19.4. The van der Waals surface area contributed by atoms with Crippen LogP contribution in [0.3, 0.4) is 0 Å². The summed E-state index contributed by atoms with van der Waals surface area (Å²) in [5, 5.41) is 2.70. The fraction of sp³-hybridized carbons (Fsp3) is 0.308. The first-order chi connectivity index (χ1) is 16.0. The number of likely N-dealkylation sites (tertiary alicyclic amines) is 1. The maximum Gasteiger partial charge on any atom is 0.274 e. The number of rotatable bonds is 6. The minimum Gasteiger partial charge on any atom is -0.484 e. The summed E-state index contributed by atoms with van der Waals surface area (Å²) in [5.41, 5.74) is 2.22. The Morgan fingerprint density at radius 3 is 2.58 bits per heavy atom. The molecule has 3 heterocycles. The van der Waals surface area contributed by atoms with Gasteiger partial charge in [-0.2, -0.15) is 0 Å². The number of nitrogens with zero attached hydrogens (tertiary/aromatic N) is 2. The second-order valence-electron chi connectivity index (χ2n) is 8.86. The van der Waals surface area contributed by atoms with E-state index in [9.17, 15) is 14.0 Å². The van der Waals surface area contributed by atoms with Crippen LogP contribution in [0, 0.1) is 11.7 Å². The largest absolute Gasteiger partial charge is 0.484 e. The van der Waals surface area contributed by atoms with Crippen molar-refractivity contribution in [1.82, 2.24) is 9.47 Å². The molecule has 2 aliphatic heterocycles. The molecular weight excluding hydrogens is 421 g/mol. The van der Waals surface area contributed by atoms with Gasteiger partial charge >= 0.3 is 0 Å². The number of amides is 1. The van der Waals surface area contributed by atoms with Crippen LogP contribution in [0.1, 0.15) is 23.6 Å². The number of fused-ring (bicyclic) bond motifs is 4. The number of hydrogen-bond acceptors (Lipinski definition) is 4. The van der Waals surface area contributed by atoms with E-state index in [0.29, 0.717) is 18.2 Å². The Labute approximate surface area is 191 Å². The van der Waals surface area contributed by atoms with E-state index in [4.69, 9.17) is 4.74 Å². The van der Waals surface area contributed by atoms with Crippen molar-refractivity contribution in [2.45, 2.75) is 25.4 Å². The van der Waals surface area contributed by atoms with Crippen molar-refractivity contribution in [3.05, 3.63) is 94.2 Å². The highest BCUT2D eigenvalue weighted by molar-refractivity contribution is 5.91. The molecule has 2 aliphatic rings. The maximum atomic E-state index is 13.2. The summed E-state index contributed by atoms with van der Waals surface area (Å²) in [5.74, 6) is 0.640. The SMILES string of the molecule is O=C(COc1ccccc1)Nc1ccc2n(c1=O)CC1CC2CN(Cc2ccc(F)cc2)C1. The van der Waals surface area contributed by atoms with Gasteiger partial charge in [-0.3, -0.25) is 14.5 Å². The maximum absolute atomic E-state index is 13.2. The summed E-state index contributed by atoms with van der Waals surface area (Å²) in [4.78, 5) is 27.8. The Kier molecular flexibility index (Phi) is 5.96. The van der Waals surface area contributed by atoms with Gasteiger partial charge < -0.3 is 14.6 Å². The molecule has 2 aromatic carbocycles.